The third-order valence-corrected chi connectivity index (χ3v) is 3.33. The first kappa shape index (κ1) is 11.9. The Morgan fingerprint density at radius 2 is 2.00 bits per heavy atom. The molecule has 1 aromatic rings. The van der Waals surface area contributed by atoms with E-state index in [1.54, 1.807) is 0 Å². The van der Waals surface area contributed by atoms with Crippen molar-refractivity contribution in [1.82, 2.24) is 14.8 Å². The fraction of sp³-hybridized carbons (Fsp3) is 0.778. The first-order valence-corrected chi connectivity index (χ1v) is 6.34. The van der Waals surface area contributed by atoms with E-state index < -0.39 is 0 Å². The Kier molecular flexibility index (Phi) is 4.26. The van der Waals surface area contributed by atoms with Crippen LogP contribution < -0.4 is 0 Å². The van der Waals surface area contributed by atoms with Crippen molar-refractivity contribution in [3.05, 3.63) is 11.1 Å². The second-order valence-corrected chi connectivity index (χ2v) is 5.25. The maximum atomic E-state index is 5.97. The summed E-state index contributed by atoms with van der Waals surface area (Å²) >= 11 is 7.79. The van der Waals surface area contributed by atoms with Crippen LogP contribution in [0.5, 0.6) is 0 Å². The van der Waals surface area contributed by atoms with E-state index in [9.17, 15) is 0 Å². The van der Waals surface area contributed by atoms with Gasteiger partial charge in [-0.25, -0.2) is 0 Å². The van der Waals surface area contributed by atoms with Gasteiger partial charge in [0, 0.05) is 17.7 Å². The minimum atomic E-state index is 0.365. The number of hydrogen-bond donors (Lipinski definition) is 0. The summed E-state index contributed by atoms with van der Waals surface area (Å²) < 4.78 is 1.99. The summed E-state index contributed by atoms with van der Waals surface area (Å²) in [5.74, 6) is 1.33. The number of thioether (sulfide) groups is 1. The van der Waals surface area contributed by atoms with Crippen LogP contribution in [-0.2, 0) is 6.54 Å². The van der Waals surface area contributed by atoms with Crippen molar-refractivity contribution in [3.63, 3.8) is 0 Å². The van der Waals surface area contributed by atoms with Crippen LogP contribution in [0.1, 0.15) is 32.5 Å². The lowest BCUT2D eigenvalue weighted by molar-refractivity contribution is 0.619. The Morgan fingerprint density at radius 3 is 2.50 bits per heavy atom. The summed E-state index contributed by atoms with van der Waals surface area (Å²) in [6.45, 7) is 7.24. The molecule has 0 aliphatic heterocycles. The van der Waals surface area contributed by atoms with E-state index in [4.69, 9.17) is 11.6 Å². The van der Waals surface area contributed by atoms with E-state index in [2.05, 4.69) is 37.2 Å². The third-order valence-electron chi connectivity index (χ3n) is 2.09. The van der Waals surface area contributed by atoms with Gasteiger partial charge >= 0.3 is 0 Å². The molecule has 80 valence electrons. The summed E-state index contributed by atoms with van der Waals surface area (Å²) in [4.78, 5) is 0. The van der Waals surface area contributed by atoms with Crippen molar-refractivity contribution in [2.45, 2.75) is 38.5 Å². The largest absolute Gasteiger partial charge is 0.300 e. The maximum Gasteiger partial charge on any atom is 0.225 e. The van der Waals surface area contributed by atoms with Gasteiger partial charge in [0.25, 0.3) is 0 Å². The topological polar surface area (TPSA) is 30.7 Å². The van der Waals surface area contributed by atoms with Gasteiger partial charge < -0.3 is 4.57 Å². The lowest BCUT2D eigenvalue weighted by Crippen LogP contribution is -2.13. The van der Waals surface area contributed by atoms with Crippen LogP contribution in [-0.4, -0.2) is 26.3 Å². The monoisotopic (exact) mass is 233 g/mol. The number of aromatic nitrogens is 3. The lowest BCUT2D eigenvalue weighted by Gasteiger charge is -2.13. The predicted octanol–water partition coefficient (Wildman–Crippen LogP) is 2.81. The van der Waals surface area contributed by atoms with Gasteiger partial charge in [-0.1, -0.05) is 20.8 Å². The average Bonchev–Trinajstić information content (AvgIpc) is 2.48. The molecule has 1 aromatic heterocycles. The van der Waals surface area contributed by atoms with E-state index in [-0.39, 0.29) is 0 Å². The fourth-order valence-corrected chi connectivity index (χ4v) is 1.71. The zero-order valence-electron chi connectivity index (χ0n) is 8.99. The van der Waals surface area contributed by atoms with Crippen LogP contribution in [0.15, 0.2) is 0 Å². The van der Waals surface area contributed by atoms with Crippen LogP contribution in [0.3, 0.4) is 0 Å². The minimum absolute atomic E-state index is 0.365. The molecule has 14 heavy (non-hydrogen) atoms. The van der Waals surface area contributed by atoms with Gasteiger partial charge in [-0.2, -0.15) is 11.8 Å². The standard InChI is InChI=1S/C9H16ClN3S/c1-6(2)8-11-12-9(10)13(8)5-7(3)14-4/h6-7H,5H2,1-4H3. The molecule has 1 heterocycles. The van der Waals surface area contributed by atoms with Crippen LogP contribution >= 0.6 is 23.4 Å². The highest BCUT2D eigenvalue weighted by Gasteiger charge is 2.14. The molecule has 1 unspecified atom stereocenters. The van der Waals surface area contributed by atoms with Gasteiger partial charge in [0.05, 0.1) is 0 Å². The Balaban J connectivity index is 2.88. The summed E-state index contributed by atoms with van der Waals surface area (Å²) in [5.41, 5.74) is 0. The van der Waals surface area contributed by atoms with Crippen molar-refractivity contribution in [3.8, 4) is 0 Å². The normalized spacial score (nSPS) is 13.6. The fourth-order valence-electron chi connectivity index (χ4n) is 1.22. The van der Waals surface area contributed by atoms with Crippen molar-refractivity contribution in [2.24, 2.45) is 0 Å². The first-order valence-electron chi connectivity index (χ1n) is 4.67. The van der Waals surface area contributed by atoms with Crippen LogP contribution in [0.25, 0.3) is 0 Å². The van der Waals surface area contributed by atoms with Crippen LogP contribution in [0.2, 0.25) is 5.28 Å². The van der Waals surface area contributed by atoms with E-state index in [1.807, 2.05) is 16.3 Å². The smallest absolute Gasteiger partial charge is 0.225 e. The quantitative estimate of drug-likeness (QED) is 0.801. The minimum Gasteiger partial charge on any atom is -0.300 e. The molecule has 1 atom stereocenters. The molecular formula is C9H16ClN3S. The van der Waals surface area contributed by atoms with Crippen molar-refractivity contribution in [1.29, 1.82) is 0 Å². The molecular weight excluding hydrogens is 218 g/mol. The molecule has 0 saturated carbocycles. The van der Waals surface area contributed by atoms with Gasteiger partial charge in [0.15, 0.2) is 0 Å². The highest BCUT2D eigenvalue weighted by atomic mass is 35.5. The average molecular weight is 234 g/mol. The lowest BCUT2D eigenvalue weighted by atomic mass is 10.2. The number of nitrogens with zero attached hydrogens (tertiary/aromatic N) is 3. The number of hydrogen-bond acceptors (Lipinski definition) is 3. The van der Waals surface area contributed by atoms with Gasteiger partial charge in [-0.05, 0) is 17.9 Å². The van der Waals surface area contributed by atoms with Gasteiger partial charge in [0.2, 0.25) is 5.28 Å². The molecule has 0 N–H and O–H groups in total. The van der Waals surface area contributed by atoms with E-state index in [0.29, 0.717) is 16.5 Å². The maximum absolute atomic E-state index is 5.97. The predicted molar refractivity (Wildman–Crippen MR) is 62.1 cm³/mol. The number of halogens is 1. The number of rotatable bonds is 4. The van der Waals surface area contributed by atoms with E-state index >= 15 is 0 Å². The van der Waals surface area contributed by atoms with E-state index in [1.165, 1.54) is 0 Å². The van der Waals surface area contributed by atoms with E-state index in [0.717, 1.165) is 12.4 Å². The molecule has 0 bridgehead atoms. The highest BCUT2D eigenvalue weighted by molar-refractivity contribution is 7.99. The van der Waals surface area contributed by atoms with Gasteiger partial charge in [-0.15, -0.1) is 10.2 Å². The zero-order valence-corrected chi connectivity index (χ0v) is 10.6. The molecule has 0 amide bonds. The highest BCUT2D eigenvalue weighted by Crippen LogP contribution is 2.19. The molecule has 3 nitrogen and oxygen atoms in total. The molecule has 5 heteroatoms. The second-order valence-electron chi connectivity index (χ2n) is 3.64. The van der Waals surface area contributed by atoms with Crippen molar-refractivity contribution >= 4 is 23.4 Å². The Hall–Kier alpha value is -0.220. The Bertz CT molecular complexity index is 298. The Labute approximate surface area is 94.2 Å². The molecule has 0 saturated heterocycles. The van der Waals surface area contributed by atoms with Crippen LogP contribution in [0, 0.1) is 0 Å². The third kappa shape index (κ3) is 2.64. The van der Waals surface area contributed by atoms with Crippen LogP contribution in [0.4, 0.5) is 0 Å². The van der Waals surface area contributed by atoms with Gasteiger partial charge in [-0.3, -0.25) is 0 Å². The SMILES string of the molecule is CSC(C)Cn1c(Cl)nnc1C(C)C. The molecule has 0 aromatic carbocycles. The van der Waals surface area contributed by atoms with Crippen molar-refractivity contribution in [2.75, 3.05) is 6.26 Å². The summed E-state index contributed by atoms with van der Waals surface area (Å²) in [6.07, 6.45) is 2.10. The molecule has 0 radical (unpaired) electrons. The molecule has 0 spiro atoms. The molecule has 0 aliphatic rings. The summed E-state index contributed by atoms with van der Waals surface area (Å²) in [5, 5.41) is 8.99. The summed E-state index contributed by atoms with van der Waals surface area (Å²) in [7, 11) is 0. The zero-order chi connectivity index (χ0) is 10.7. The Morgan fingerprint density at radius 1 is 1.36 bits per heavy atom. The molecule has 0 aliphatic carbocycles. The summed E-state index contributed by atoms with van der Waals surface area (Å²) in [6, 6.07) is 0. The van der Waals surface area contributed by atoms with Gasteiger partial charge in [0.1, 0.15) is 5.82 Å². The first-order chi connectivity index (χ1) is 6.56. The molecule has 0 fully saturated rings. The second kappa shape index (κ2) is 5.03. The van der Waals surface area contributed by atoms with Crippen molar-refractivity contribution < 1.29 is 0 Å². The molecule has 1 rings (SSSR count).